The van der Waals surface area contributed by atoms with Crippen LogP contribution >= 0.6 is 46.4 Å². The monoisotopic (exact) mass is 361 g/mol. The molecule has 0 bridgehead atoms. The molecule has 0 amide bonds. The van der Waals surface area contributed by atoms with Gasteiger partial charge in [0.1, 0.15) is 0 Å². The van der Waals surface area contributed by atoms with E-state index in [0.717, 1.165) is 17.7 Å². The van der Waals surface area contributed by atoms with E-state index in [1.165, 1.54) is 0 Å². The summed E-state index contributed by atoms with van der Waals surface area (Å²) in [7, 11) is 0. The standard InChI is InChI=1S/C16H15Cl4N/c1-2-21-15(10-5-3-8-14(19)16(10)20)9-11-12(17)6-4-7-13(11)18/h3-8,15,21H,2,9H2,1H3. The molecular formula is C16H15Cl4N. The first-order valence-corrected chi connectivity index (χ1v) is 8.16. The Morgan fingerprint density at radius 3 is 2.10 bits per heavy atom. The molecular weight excluding hydrogens is 348 g/mol. The molecule has 0 spiro atoms. The third-order valence-electron chi connectivity index (χ3n) is 3.28. The minimum absolute atomic E-state index is 0.00130. The summed E-state index contributed by atoms with van der Waals surface area (Å²) in [6, 6.07) is 11.1. The number of benzene rings is 2. The fraction of sp³-hybridized carbons (Fsp3) is 0.250. The van der Waals surface area contributed by atoms with Crippen LogP contribution in [-0.2, 0) is 6.42 Å². The van der Waals surface area contributed by atoms with Crippen LogP contribution in [0.3, 0.4) is 0 Å². The van der Waals surface area contributed by atoms with Crippen LogP contribution in [0.2, 0.25) is 20.1 Å². The summed E-state index contributed by atoms with van der Waals surface area (Å²) < 4.78 is 0. The molecule has 0 aliphatic carbocycles. The van der Waals surface area contributed by atoms with Crippen molar-refractivity contribution in [3.8, 4) is 0 Å². The lowest BCUT2D eigenvalue weighted by Gasteiger charge is -2.21. The van der Waals surface area contributed by atoms with Crippen molar-refractivity contribution in [1.29, 1.82) is 0 Å². The number of hydrogen-bond acceptors (Lipinski definition) is 1. The molecule has 5 heteroatoms. The highest BCUT2D eigenvalue weighted by molar-refractivity contribution is 6.42. The van der Waals surface area contributed by atoms with Gasteiger partial charge in [0.15, 0.2) is 0 Å². The van der Waals surface area contributed by atoms with Gasteiger partial charge in [-0.25, -0.2) is 0 Å². The highest BCUT2D eigenvalue weighted by atomic mass is 35.5. The van der Waals surface area contributed by atoms with E-state index in [4.69, 9.17) is 46.4 Å². The van der Waals surface area contributed by atoms with Crippen LogP contribution in [0.15, 0.2) is 36.4 Å². The summed E-state index contributed by atoms with van der Waals surface area (Å²) in [6.45, 7) is 2.84. The van der Waals surface area contributed by atoms with Crippen LogP contribution in [-0.4, -0.2) is 6.54 Å². The maximum absolute atomic E-state index is 6.33. The van der Waals surface area contributed by atoms with Crippen molar-refractivity contribution in [3.05, 3.63) is 67.6 Å². The van der Waals surface area contributed by atoms with Gasteiger partial charge >= 0.3 is 0 Å². The van der Waals surface area contributed by atoms with E-state index in [0.29, 0.717) is 26.5 Å². The van der Waals surface area contributed by atoms with Gasteiger partial charge < -0.3 is 5.32 Å². The van der Waals surface area contributed by atoms with E-state index in [1.807, 2.05) is 37.3 Å². The van der Waals surface area contributed by atoms with E-state index >= 15 is 0 Å². The molecule has 1 N–H and O–H groups in total. The summed E-state index contributed by atoms with van der Waals surface area (Å²) >= 11 is 25.0. The van der Waals surface area contributed by atoms with Crippen molar-refractivity contribution in [1.82, 2.24) is 5.32 Å². The number of nitrogens with one attached hydrogen (secondary N) is 1. The van der Waals surface area contributed by atoms with Crippen LogP contribution in [0.4, 0.5) is 0 Å². The van der Waals surface area contributed by atoms with E-state index in [1.54, 1.807) is 6.07 Å². The zero-order valence-corrected chi connectivity index (χ0v) is 14.5. The molecule has 0 radical (unpaired) electrons. The van der Waals surface area contributed by atoms with Gasteiger partial charge in [0.2, 0.25) is 0 Å². The van der Waals surface area contributed by atoms with Gasteiger partial charge in [-0.1, -0.05) is 71.5 Å². The Morgan fingerprint density at radius 1 is 0.905 bits per heavy atom. The van der Waals surface area contributed by atoms with Crippen molar-refractivity contribution in [2.45, 2.75) is 19.4 Å². The SMILES string of the molecule is CCNC(Cc1c(Cl)cccc1Cl)c1cccc(Cl)c1Cl. The second kappa shape index (κ2) is 7.71. The predicted octanol–water partition coefficient (Wildman–Crippen LogP) is 6.19. The molecule has 1 unspecified atom stereocenters. The Balaban J connectivity index is 2.38. The van der Waals surface area contributed by atoms with Crippen molar-refractivity contribution < 1.29 is 0 Å². The van der Waals surface area contributed by atoms with Crippen LogP contribution < -0.4 is 5.32 Å². The molecule has 0 aromatic heterocycles. The van der Waals surface area contributed by atoms with Gasteiger partial charge in [-0.05, 0) is 42.3 Å². The lowest BCUT2D eigenvalue weighted by molar-refractivity contribution is 0.550. The minimum atomic E-state index is -0.00130. The van der Waals surface area contributed by atoms with E-state index in [2.05, 4.69) is 5.32 Å². The quantitative estimate of drug-likeness (QED) is 0.668. The summed E-state index contributed by atoms with van der Waals surface area (Å²) in [6.07, 6.45) is 0.645. The Kier molecular flexibility index (Phi) is 6.21. The van der Waals surface area contributed by atoms with Gasteiger partial charge in [0, 0.05) is 16.1 Å². The fourth-order valence-corrected chi connectivity index (χ4v) is 3.25. The predicted molar refractivity (Wildman–Crippen MR) is 93.0 cm³/mol. The lowest BCUT2D eigenvalue weighted by Crippen LogP contribution is -2.23. The maximum atomic E-state index is 6.33. The molecule has 0 aliphatic rings. The third kappa shape index (κ3) is 4.06. The van der Waals surface area contributed by atoms with E-state index < -0.39 is 0 Å². The van der Waals surface area contributed by atoms with Crippen molar-refractivity contribution >= 4 is 46.4 Å². The molecule has 0 aliphatic heterocycles. The topological polar surface area (TPSA) is 12.0 Å². The molecule has 112 valence electrons. The number of rotatable bonds is 5. The van der Waals surface area contributed by atoms with Crippen LogP contribution in [0.25, 0.3) is 0 Å². The van der Waals surface area contributed by atoms with Gasteiger partial charge in [-0.3, -0.25) is 0 Å². The normalized spacial score (nSPS) is 12.4. The molecule has 0 heterocycles. The first-order chi connectivity index (χ1) is 10.0. The average Bonchev–Trinajstić information content (AvgIpc) is 2.45. The third-order valence-corrected chi connectivity index (χ3v) is 4.82. The minimum Gasteiger partial charge on any atom is -0.310 e. The van der Waals surface area contributed by atoms with Crippen molar-refractivity contribution in [2.24, 2.45) is 0 Å². The van der Waals surface area contributed by atoms with Gasteiger partial charge in [-0.15, -0.1) is 0 Å². The van der Waals surface area contributed by atoms with Gasteiger partial charge in [0.05, 0.1) is 10.0 Å². The van der Waals surface area contributed by atoms with E-state index in [-0.39, 0.29) is 6.04 Å². The molecule has 21 heavy (non-hydrogen) atoms. The molecule has 2 rings (SSSR count). The zero-order chi connectivity index (χ0) is 15.4. The Hall–Kier alpha value is -0.440. The Morgan fingerprint density at radius 2 is 1.48 bits per heavy atom. The molecule has 0 saturated heterocycles. The van der Waals surface area contributed by atoms with Gasteiger partial charge in [-0.2, -0.15) is 0 Å². The zero-order valence-electron chi connectivity index (χ0n) is 11.5. The molecule has 0 fully saturated rings. The van der Waals surface area contributed by atoms with Crippen LogP contribution in [0, 0.1) is 0 Å². The lowest BCUT2D eigenvalue weighted by atomic mass is 9.98. The van der Waals surface area contributed by atoms with Crippen molar-refractivity contribution in [2.75, 3.05) is 6.54 Å². The summed E-state index contributed by atoms with van der Waals surface area (Å²) in [5.41, 5.74) is 1.85. The fourth-order valence-electron chi connectivity index (χ4n) is 2.26. The maximum Gasteiger partial charge on any atom is 0.0640 e. The average molecular weight is 363 g/mol. The highest BCUT2D eigenvalue weighted by Crippen LogP contribution is 2.34. The molecule has 2 aromatic rings. The van der Waals surface area contributed by atoms with Gasteiger partial charge in [0.25, 0.3) is 0 Å². The summed E-state index contributed by atoms with van der Waals surface area (Å²) in [4.78, 5) is 0. The first-order valence-electron chi connectivity index (χ1n) is 6.64. The first kappa shape index (κ1) is 16.9. The Labute approximate surface area is 145 Å². The highest BCUT2D eigenvalue weighted by Gasteiger charge is 2.18. The molecule has 1 nitrogen and oxygen atoms in total. The van der Waals surface area contributed by atoms with Crippen LogP contribution in [0.1, 0.15) is 24.1 Å². The number of likely N-dealkylation sites (N-methyl/N-ethyl adjacent to an activating group) is 1. The van der Waals surface area contributed by atoms with Crippen LogP contribution in [0.5, 0.6) is 0 Å². The van der Waals surface area contributed by atoms with E-state index in [9.17, 15) is 0 Å². The molecule has 0 saturated carbocycles. The smallest absolute Gasteiger partial charge is 0.0640 e. The number of hydrogen-bond donors (Lipinski definition) is 1. The van der Waals surface area contributed by atoms with Crippen molar-refractivity contribution in [3.63, 3.8) is 0 Å². The Bertz CT molecular complexity index is 607. The second-order valence-electron chi connectivity index (χ2n) is 4.66. The number of halogens is 4. The molecule has 2 aromatic carbocycles. The molecule has 1 atom stereocenters. The largest absolute Gasteiger partial charge is 0.310 e. The summed E-state index contributed by atoms with van der Waals surface area (Å²) in [5, 5.41) is 5.83. The second-order valence-corrected chi connectivity index (χ2v) is 6.26. The summed E-state index contributed by atoms with van der Waals surface area (Å²) in [5.74, 6) is 0.